The molecule has 4 atom stereocenters. The van der Waals surface area contributed by atoms with E-state index in [-0.39, 0.29) is 12.0 Å². The van der Waals surface area contributed by atoms with Crippen LogP contribution in [-0.4, -0.2) is 40.2 Å². The van der Waals surface area contributed by atoms with Crippen LogP contribution in [0.3, 0.4) is 0 Å². The maximum atomic E-state index is 13.2. The minimum Gasteiger partial charge on any atom is -0.459 e. The van der Waals surface area contributed by atoms with E-state index in [4.69, 9.17) is 9.47 Å². The molecule has 7 heteroatoms. The zero-order chi connectivity index (χ0) is 19.8. The number of hydrogen-bond donors (Lipinski definition) is 1. The van der Waals surface area contributed by atoms with Gasteiger partial charge >= 0.3 is 12.1 Å². The van der Waals surface area contributed by atoms with Crippen molar-refractivity contribution in [2.45, 2.75) is 89.9 Å². The minimum atomic E-state index is -4.81. The monoisotopic (exact) mass is 366 g/mol. The average Bonchev–Trinajstić information content (AvgIpc) is 2.78. The summed E-state index contributed by atoms with van der Waals surface area (Å²) in [6.45, 7) is 11.8. The van der Waals surface area contributed by atoms with E-state index in [2.05, 4.69) is 6.58 Å². The first-order chi connectivity index (χ1) is 11.0. The number of carbonyl (C=O) groups excluding carboxylic acids is 1. The number of halogens is 3. The molecule has 25 heavy (non-hydrogen) atoms. The predicted molar refractivity (Wildman–Crippen MR) is 88.0 cm³/mol. The standard InChI is InChI=1S/C18H29F3O4/c1-11(2)14(22)24-12(3)13-8-9-16(6,10-13)25-15(4,5)17(7,23)18(19,20)21/h12-13,23H,1,8-10H2,2-7H3. The molecule has 1 fully saturated rings. The van der Waals surface area contributed by atoms with Crippen LogP contribution < -0.4 is 0 Å². The van der Waals surface area contributed by atoms with Crippen molar-refractivity contribution in [2.24, 2.45) is 5.92 Å². The number of carbonyl (C=O) groups is 1. The summed E-state index contributed by atoms with van der Waals surface area (Å²) < 4.78 is 50.6. The third-order valence-electron chi connectivity index (χ3n) is 5.27. The van der Waals surface area contributed by atoms with E-state index in [1.165, 1.54) is 13.8 Å². The highest BCUT2D eigenvalue weighted by atomic mass is 19.4. The van der Waals surface area contributed by atoms with E-state index < -0.39 is 28.9 Å². The van der Waals surface area contributed by atoms with Gasteiger partial charge in [0.2, 0.25) is 0 Å². The average molecular weight is 366 g/mol. The molecule has 0 aliphatic heterocycles. The summed E-state index contributed by atoms with van der Waals surface area (Å²) >= 11 is 0. The maximum absolute atomic E-state index is 13.2. The Balaban J connectivity index is 2.81. The molecule has 0 aromatic carbocycles. The van der Waals surface area contributed by atoms with E-state index >= 15 is 0 Å². The SMILES string of the molecule is C=C(C)C(=O)OC(C)C1CCC(C)(OC(C)(C)C(C)(O)C(F)(F)F)C1. The zero-order valence-electron chi connectivity index (χ0n) is 15.8. The highest BCUT2D eigenvalue weighted by molar-refractivity contribution is 5.87. The summed E-state index contributed by atoms with van der Waals surface area (Å²) in [5, 5.41) is 9.98. The Morgan fingerprint density at radius 2 is 1.84 bits per heavy atom. The molecule has 0 heterocycles. The van der Waals surface area contributed by atoms with Gasteiger partial charge in [0.1, 0.15) is 11.7 Å². The molecule has 4 nitrogen and oxygen atoms in total. The second-order valence-electron chi connectivity index (χ2n) is 8.03. The molecule has 0 saturated heterocycles. The van der Waals surface area contributed by atoms with Crippen LogP contribution in [0.2, 0.25) is 0 Å². The van der Waals surface area contributed by atoms with Crippen LogP contribution in [-0.2, 0) is 14.3 Å². The summed E-state index contributed by atoms with van der Waals surface area (Å²) in [4.78, 5) is 11.6. The van der Waals surface area contributed by atoms with Gasteiger partial charge in [0.05, 0.1) is 5.60 Å². The molecule has 0 spiro atoms. The first-order valence-electron chi connectivity index (χ1n) is 8.38. The van der Waals surface area contributed by atoms with Crippen molar-refractivity contribution < 1.29 is 32.5 Å². The maximum Gasteiger partial charge on any atom is 0.419 e. The third kappa shape index (κ3) is 4.76. The summed E-state index contributed by atoms with van der Waals surface area (Å²) in [5.41, 5.74) is -5.36. The fourth-order valence-electron chi connectivity index (χ4n) is 3.17. The van der Waals surface area contributed by atoms with Gasteiger partial charge < -0.3 is 14.6 Å². The summed E-state index contributed by atoms with van der Waals surface area (Å²) in [7, 11) is 0. The van der Waals surface area contributed by atoms with Crippen LogP contribution in [0.1, 0.15) is 60.8 Å². The van der Waals surface area contributed by atoms with E-state index in [1.54, 1.807) is 20.8 Å². The number of rotatable bonds is 6. The zero-order valence-corrected chi connectivity index (χ0v) is 15.8. The minimum absolute atomic E-state index is 0.0278. The molecule has 0 aromatic heterocycles. The smallest absolute Gasteiger partial charge is 0.419 e. The van der Waals surface area contributed by atoms with Crippen LogP contribution >= 0.6 is 0 Å². The van der Waals surface area contributed by atoms with Crippen LogP contribution in [0.4, 0.5) is 13.2 Å². The number of hydrogen-bond acceptors (Lipinski definition) is 4. The fourth-order valence-corrected chi connectivity index (χ4v) is 3.17. The van der Waals surface area contributed by atoms with Crippen LogP contribution in [0.15, 0.2) is 12.2 Å². The Morgan fingerprint density at radius 3 is 2.28 bits per heavy atom. The summed E-state index contributed by atoms with van der Waals surface area (Å²) in [6.07, 6.45) is -3.58. The first kappa shape index (κ1) is 22.0. The molecule has 0 aromatic rings. The molecule has 1 aliphatic carbocycles. The fraction of sp³-hybridized carbons (Fsp3) is 0.833. The molecule has 1 rings (SSSR count). The molecule has 0 bridgehead atoms. The van der Waals surface area contributed by atoms with Gasteiger partial charge in [0.15, 0.2) is 5.60 Å². The van der Waals surface area contributed by atoms with Gasteiger partial charge in [-0.3, -0.25) is 0 Å². The molecule has 1 aliphatic rings. The summed E-state index contributed by atoms with van der Waals surface area (Å²) in [6, 6.07) is 0. The van der Waals surface area contributed by atoms with E-state index in [9.17, 15) is 23.1 Å². The lowest BCUT2D eigenvalue weighted by Gasteiger charge is -2.45. The topological polar surface area (TPSA) is 55.8 Å². The van der Waals surface area contributed by atoms with Gasteiger partial charge in [-0.05, 0) is 66.7 Å². The van der Waals surface area contributed by atoms with Crippen LogP contribution in [0, 0.1) is 5.92 Å². The van der Waals surface area contributed by atoms with Crippen molar-refractivity contribution in [3.63, 3.8) is 0 Å². The van der Waals surface area contributed by atoms with Gasteiger partial charge in [0.25, 0.3) is 0 Å². The molecule has 146 valence electrons. The Kier molecular flexibility index (Phi) is 6.07. The second kappa shape index (κ2) is 6.91. The predicted octanol–water partition coefficient (Wildman–Crippen LogP) is 4.16. The Labute approximate surface area is 147 Å². The molecule has 1 saturated carbocycles. The van der Waals surface area contributed by atoms with Gasteiger partial charge in [-0.2, -0.15) is 13.2 Å². The van der Waals surface area contributed by atoms with Gasteiger partial charge in [-0.25, -0.2) is 4.79 Å². The van der Waals surface area contributed by atoms with E-state index in [1.807, 2.05) is 0 Å². The van der Waals surface area contributed by atoms with E-state index in [0.29, 0.717) is 24.8 Å². The number of esters is 1. The molecular weight excluding hydrogens is 337 g/mol. The molecule has 0 amide bonds. The lowest BCUT2D eigenvalue weighted by Crippen LogP contribution is -2.61. The quantitative estimate of drug-likeness (QED) is 0.566. The Morgan fingerprint density at radius 1 is 1.32 bits per heavy atom. The lowest BCUT2D eigenvalue weighted by molar-refractivity contribution is -0.327. The van der Waals surface area contributed by atoms with Crippen LogP contribution in [0.25, 0.3) is 0 Å². The molecule has 0 radical (unpaired) electrons. The highest BCUT2D eigenvalue weighted by Crippen LogP contribution is 2.47. The lowest BCUT2D eigenvalue weighted by atomic mass is 9.85. The van der Waals surface area contributed by atoms with Crippen molar-refractivity contribution in [3.05, 3.63) is 12.2 Å². The number of ether oxygens (including phenoxy) is 2. The van der Waals surface area contributed by atoms with Gasteiger partial charge in [-0.15, -0.1) is 0 Å². The molecule has 1 N–H and O–H groups in total. The Hall–Kier alpha value is -1.08. The van der Waals surface area contributed by atoms with Crippen molar-refractivity contribution in [1.82, 2.24) is 0 Å². The normalized spacial score (nSPS) is 28.3. The highest BCUT2D eigenvalue weighted by Gasteiger charge is 2.61. The van der Waals surface area contributed by atoms with Crippen molar-refractivity contribution >= 4 is 5.97 Å². The van der Waals surface area contributed by atoms with Gasteiger partial charge in [0, 0.05) is 5.57 Å². The van der Waals surface area contributed by atoms with Crippen molar-refractivity contribution in [3.8, 4) is 0 Å². The third-order valence-corrected chi connectivity index (χ3v) is 5.27. The van der Waals surface area contributed by atoms with Crippen molar-refractivity contribution in [1.29, 1.82) is 0 Å². The number of aliphatic hydroxyl groups is 1. The first-order valence-corrected chi connectivity index (χ1v) is 8.38. The second-order valence-corrected chi connectivity index (χ2v) is 8.03. The van der Waals surface area contributed by atoms with Crippen molar-refractivity contribution in [2.75, 3.05) is 0 Å². The summed E-state index contributed by atoms with van der Waals surface area (Å²) in [5.74, 6) is -0.512. The molecule has 4 unspecified atom stereocenters. The Bertz CT molecular complexity index is 525. The number of alkyl halides is 3. The van der Waals surface area contributed by atoms with E-state index in [0.717, 1.165) is 6.92 Å². The largest absolute Gasteiger partial charge is 0.459 e. The van der Waals surface area contributed by atoms with Gasteiger partial charge in [-0.1, -0.05) is 6.58 Å². The molecular formula is C18H29F3O4. The van der Waals surface area contributed by atoms with Crippen LogP contribution in [0.5, 0.6) is 0 Å².